The summed E-state index contributed by atoms with van der Waals surface area (Å²) in [5.41, 5.74) is -0.807. The Morgan fingerprint density at radius 1 is 1.16 bits per heavy atom. The van der Waals surface area contributed by atoms with E-state index >= 15 is 0 Å². The molecular formula is C17H16F3N3O2. The highest BCUT2D eigenvalue weighted by Crippen LogP contribution is 2.36. The highest BCUT2D eigenvalue weighted by atomic mass is 19.4. The minimum atomic E-state index is -4.53. The fraction of sp³-hybridized carbons (Fsp3) is 0.353. The van der Waals surface area contributed by atoms with Crippen LogP contribution in [0.2, 0.25) is 0 Å². The third kappa shape index (κ3) is 2.92. The molecule has 1 aromatic rings. The molecule has 2 heterocycles. The van der Waals surface area contributed by atoms with Crippen LogP contribution in [0.5, 0.6) is 0 Å². The van der Waals surface area contributed by atoms with Crippen LogP contribution in [-0.2, 0) is 15.8 Å². The van der Waals surface area contributed by atoms with Crippen LogP contribution in [0.4, 0.5) is 18.9 Å². The third-order valence-corrected chi connectivity index (χ3v) is 4.17. The van der Waals surface area contributed by atoms with E-state index < -0.39 is 35.8 Å². The van der Waals surface area contributed by atoms with Gasteiger partial charge in [0.15, 0.2) is 0 Å². The largest absolute Gasteiger partial charge is 0.416 e. The van der Waals surface area contributed by atoms with Crippen molar-refractivity contribution in [2.75, 3.05) is 4.90 Å². The van der Waals surface area contributed by atoms with Crippen LogP contribution in [0.3, 0.4) is 0 Å². The summed E-state index contributed by atoms with van der Waals surface area (Å²) in [4.78, 5) is 32.0. The highest BCUT2D eigenvalue weighted by molar-refractivity contribution is 6.11. The number of hydrogen-bond donors (Lipinski definition) is 0. The number of aliphatic imine (C=N–C) groups is 1. The Kier molecular flexibility index (Phi) is 4.14. The third-order valence-electron chi connectivity index (χ3n) is 4.17. The summed E-state index contributed by atoms with van der Waals surface area (Å²) in [5.74, 6) is -2.22. The van der Waals surface area contributed by atoms with Gasteiger partial charge in [-0.3, -0.25) is 19.4 Å². The van der Waals surface area contributed by atoms with Gasteiger partial charge in [-0.05, 0) is 30.2 Å². The molecule has 0 saturated carbocycles. The second kappa shape index (κ2) is 6.02. The normalized spacial score (nSPS) is 23.4. The number of benzene rings is 1. The van der Waals surface area contributed by atoms with Crippen molar-refractivity contribution in [1.82, 2.24) is 4.90 Å². The lowest BCUT2D eigenvalue weighted by molar-refractivity contribution is -0.148. The molecule has 0 aliphatic carbocycles. The van der Waals surface area contributed by atoms with Gasteiger partial charge in [0.2, 0.25) is 18.1 Å². The molecule has 0 spiro atoms. The lowest BCUT2D eigenvalue weighted by atomic mass is 9.90. The molecule has 2 aliphatic heterocycles. The Hall–Kier alpha value is -2.64. The van der Waals surface area contributed by atoms with Crippen molar-refractivity contribution in [3.63, 3.8) is 0 Å². The van der Waals surface area contributed by atoms with Crippen molar-refractivity contribution in [3.05, 3.63) is 42.1 Å². The molecule has 0 aromatic heterocycles. The first kappa shape index (κ1) is 17.2. The number of carbonyl (C=O) groups excluding carboxylic acids is 2. The van der Waals surface area contributed by atoms with E-state index in [9.17, 15) is 22.8 Å². The number of allylic oxidation sites excluding steroid dienone is 1. The molecule has 2 aliphatic rings. The number of alkyl halides is 3. The number of halogens is 3. The number of anilines is 1. The van der Waals surface area contributed by atoms with Gasteiger partial charge in [0.05, 0.1) is 5.56 Å². The van der Waals surface area contributed by atoms with E-state index in [4.69, 9.17) is 0 Å². The first-order valence-electron chi connectivity index (χ1n) is 7.74. The fourth-order valence-electron chi connectivity index (χ4n) is 2.98. The standard InChI is InChI=1S/C17H16F3N3O2/c1-10(2)13-14(24)22-8-4-7-21-16(22)23(15(13)25)12-6-3-5-11(9-12)17(18,19)20/h3-10,13,16H,1-2H3. The molecule has 1 saturated heterocycles. The summed E-state index contributed by atoms with van der Waals surface area (Å²) in [6.07, 6.45) is -1.09. The van der Waals surface area contributed by atoms with E-state index in [-0.39, 0.29) is 11.6 Å². The van der Waals surface area contributed by atoms with Crippen LogP contribution < -0.4 is 4.90 Å². The molecule has 1 aromatic carbocycles. The average molecular weight is 351 g/mol. The van der Waals surface area contributed by atoms with Crippen LogP contribution in [0, 0.1) is 11.8 Å². The number of hydrogen-bond acceptors (Lipinski definition) is 3. The summed E-state index contributed by atoms with van der Waals surface area (Å²) < 4.78 is 39.1. The Morgan fingerprint density at radius 3 is 2.52 bits per heavy atom. The fourth-order valence-corrected chi connectivity index (χ4v) is 2.98. The SMILES string of the molecule is CC(C)C1C(=O)N2C=CC=NC2N(c2cccc(C(F)(F)F)c2)C1=O. The highest BCUT2D eigenvalue weighted by Gasteiger charge is 2.48. The van der Waals surface area contributed by atoms with Crippen LogP contribution in [0.1, 0.15) is 19.4 Å². The molecule has 0 bridgehead atoms. The van der Waals surface area contributed by atoms with Crippen LogP contribution in [-0.4, -0.2) is 29.2 Å². The van der Waals surface area contributed by atoms with Crippen molar-refractivity contribution in [2.24, 2.45) is 16.8 Å². The number of carbonyl (C=O) groups is 2. The van der Waals surface area contributed by atoms with Crippen LogP contribution in [0.25, 0.3) is 0 Å². The van der Waals surface area contributed by atoms with Crippen LogP contribution in [0.15, 0.2) is 41.5 Å². The summed E-state index contributed by atoms with van der Waals surface area (Å²) in [6, 6.07) is 4.48. The van der Waals surface area contributed by atoms with Gasteiger partial charge < -0.3 is 0 Å². The average Bonchev–Trinajstić information content (AvgIpc) is 2.54. The van der Waals surface area contributed by atoms with Crippen molar-refractivity contribution in [3.8, 4) is 0 Å². The van der Waals surface area contributed by atoms with Crippen molar-refractivity contribution >= 4 is 23.7 Å². The van der Waals surface area contributed by atoms with Crippen molar-refractivity contribution in [2.45, 2.75) is 26.3 Å². The molecule has 8 heteroatoms. The molecule has 2 amide bonds. The van der Waals surface area contributed by atoms with Crippen molar-refractivity contribution in [1.29, 1.82) is 0 Å². The first-order valence-corrected chi connectivity index (χ1v) is 7.74. The van der Waals surface area contributed by atoms with E-state index in [0.717, 1.165) is 17.0 Å². The zero-order valence-electron chi connectivity index (χ0n) is 13.6. The second-order valence-corrected chi connectivity index (χ2v) is 6.21. The maximum absolute atomic E-state index is 13.0. The zero-order chi connectivity index (χ0) is 18.4. The summed E-state index contributed by atoms with van der Waals surface area (Å²) in [5, 5.41) is 0. The zero-order valence-corrected chi connectivity index (χ0v) is 13.6. The number of nitrogens with zero attached hydrogens (tertiary/aromatic N) is 3. The molecule has 25 heavy (non-hydrogen) atoms. The molecule has 132 valence electrons. The number of amides is 2. The number of rotatable bonds is 2. The van der Waals surface area contributed by atoms with Gasteiger partial charge in [0, 0.05) is 18.1 Å². The molecule has 0 radical (unpaired) electrons. The van der Waals surface area contributed by atoms with Gasteiger partial charge in [0.25, 0.3) is 0 Å². The monoisotopic (exact) mass is 351 g/mol. The summed E-state index contributed by atoms with van der Waals surface area (Å²) in [6.45, 7) is 3.45. The summed E-state index contributed by atoms with van der Waals surface area (Å²) >= 11 is 0. The lowest BCUT2D eigenvalue weighted by Gasteiger charge is -2.44. The predicted octanol–water partition coefficient (Wildman–Crippen LogP) is 3.03. The molecule has 2 unspecified atom stereocenters. The Morgan fingerprint density at radius 2 is 1.88 bits per heavy atom. The molecule has 5 nitrogen and oxygen atoms in total. The second-order valence-electron chi connectivity index (χ2n) is 6.21. The minimum Gasteiger partial charge on any atom is -0.277 e. The van der Waals surface area contributed by atoms with E-state index in [1.54, 1.807) is 19.9 Å². The van der Waals surface area contributed by atoms with Gasteiger partial charge in [0.1, 0.15) is 5.92 Å². The van der Waals surface area contributed by atoms with Crippen molar-refractivity contribution < 1.29 is 22.8 Å². The number of fused-ring (bicyclic) bond motifs is 1. The first-order chi connectivity index (χ1) is 11.7. The Bertz CT molecular complexity index is 771. The topological polar surface area (TPSA) is 53.0 Å². The predicted molar refractivity (Wildman–Crippen MR) is 85.5 cm³/mol. The smallest absolute Gasteiger partial charge is 0.277 e. The van der Waals surface area contributed by atoms with Gasteiger partial charge in [-0.25, -0.2) is 4.99 Å². The van der Waals surface area contributed by atoms with E-state index in [1.165, 1.54) is 29.4 Å². The molecule has 1 fully saturated rings. The Balaban J connectivity index is 2.09. The van der Waals surface area contributed by atoms with E-state index in [1.807, 2.05) is 0 Å². The lowest BCUT2D eigenvalue weighted by Crippen LogP contribution is -2.62. The van der Waals surface area contributed by atoms with Gasteiger partial charge >= 0.3 is 6.18 Å². The van der Waals surface area contributed by atoms with Gasteiger partial charge in [-0.15, -0.1) is 0 Å². The molecule has 3 rings (SSSR count). The quantitative estimate of drug-likeness (QED) is 0.769. The maximum Gasteiger partial charge on any atom is 0.416 e. The van der Waals surface area contributed by atoms with Crippen LogP contribution >= 0.6 is 0 Å². The van der Waals surface area contributed by atoms with Gasteiger partial charge in [-0.2, -0.15) is 13.2 Å². The van der Waals surface area contributed by atoms with E-state index in [2.05, 4.69) is 4.99 Å². The molecular weight excluding hydrogens is 335 g/mol. The van der Waals surface area contributed by atoms with E-state index in [0.29, 0.717) is 0 Å². The molecule has 0 N–H and O–H groups in total. The Labute approximate surface area is 142 Å². The minimum absolute atomic E-state index is 0.0559. The maximum atomic E-state index is 13.0. The van der Waals surface area contributed by atoms with Gasteiger partial charge in [-0.1, -0.05) is 19.9 Å². The molecule has 2 atom stereocenters. The summed E-state index contributed by atoms with van der Waals surface area (Å²) in [7, 11) is 0.